The maximum absolute atomic E-state index is 14.5. The van der Waals surface area contributed by atoms with Gasteiger partial charge in [0.2, 0.25) is 5.95 Å². The lowest BCUT2D eigenvalue weighted by Crippen LogP contribution is -2.06. The number of ether oxygens (including phenoxy) is 1. The molecule has 0 spiro atoms. The quantitative estimate of drug-likeness (QED) is 0.739. The molecule has 2 aromatic carbocycles. The fourth-order valence-electron chi connectivity index (χ4n) is 2.24. The van der Waals surface area contributed by atoms with E-state index in [0.29, 0.717) is 10.8 Å². The Balaban J connectivity index is 2.18. The van der Waals surface area contributed by atoms with Crippen molar-refractivity contribution < 1.29 is 9.13 Å². The number of aromatic nitrogens is 2. The van der Waals surface area contributed by atoms with Gasteiger partial charge in [0.15, 0.2) is 0 Å². The van der Waals surface area contributed by atoms with Gasteiger partial charge in [0.25, 0.3) is 0 Å². The summed E-state index contributed by atoms with van der Waals surface area (Å²) in [5, 5.41) is 9.86. The van der Waals surface area contributed by atoms with Crippen molar-refractivity contribution in [2.45, 2.75) is 0 Å². The molecule has 0 atom stereocenters. The van der Waals surface area contributed by atoms with Crippen molar-refractivity contribution in [2.24, 2.45) is 0 Å². The maximum Gasteiger partial charge on any atom is 0.222 e. The summed E-state index contributed by atoms with van der Waals surface area (Å²) in [7, 11) is 0. The predicted octanol–water partition coefficient (Wildman–Crippen LogP) is 3.76. The molecule has 6 nitrogen and oxygen atoms in total. The Morgan fingerprint density at radius 2 is 1.80 bits per heavy atom. The number of nitrogen functional groups attached to an aromatic ring is 2. The smallest absolute Gasteiger partial charge is 0.222 e. The molecule has 0 saturated heterocycles. The summed E-state index contributed by atoms with van der Waals surface area (Å²) in [5.41, 5.74) is 11.2. The normalized spacial score (nSPS) is 10.3. The van der Waals surface area contributed by atoms with Crippen LogP contribution >= 0.6 is 11.6 Å². The largest absolute Gasteiger partial charge is 0.457 e. The Morgan fingerprint density at radius 3 is 2.48 bits per heavy atom. The molecular weight excluding hydrogens is 345 g/mol. The van der Waals surface area contributed by atoms with Gasteiger partial charge in [-0.05, 0) is 36.4 Å². The van der Waals surface area contributed by atoms with Crippen LogP contribution in [0.3, 0.4) is 0 Å². The van der Waals surface area contributed by atoms with Crippen molar-refractivity contribution in [3.63, 3.8) is 0 Å². The van der Waals surface area contributed by atoms with Crippen molar-refractivity contribution in [3.8, 4) is 28.8 Å². The molecule has 0 amide bonds. The Bertz CT molecular complexity index is 986. The molecule has 0 unspecified atom stereocenters. The average Bonchev–Trinajstić information content (AvgIpc) is 2.56. The summed E-state index contributed by atoms with van der Waals surface area (Å²) >= 11 is 5.85. The van der Waals surface area contributed by atoms with Crippen LogP contribution in [0.4, 0.5) is 16.2 Å². The highest BCUT2D eigenvalue weighted by Crippen LogP contribution is 2.37. The first-order chi connectivity index (χ1) is 12.0. The topological polar surface area (TPSA) is 111 Å². The fraction of sp³-hybridized carbons (Fsp3) is 0. The van der Waals surface area contributed by atoms with Crippen LogP contribution in [0.15, 0.2) is 42.5 Å². The third-order valence-corrected chi connectivity index (χ3v) is 3.57. The molecule has 4 N–H and O–H groups in total. The van der Waals surface area contributed by atoms with Crippen molar-refractivity contribution in [1.82, 2.24) is 9.97 Å². The zero-order valence-electron chi connectivity index (χ0n) is 12.7. The SMILES string of the molecule is N#Cc1c(N)nc(N)nc1-c1c(F)cccc1Oc1ccc(Cl)cc1. The molecule has 124 valence electrons. The molecule has 1 aromatic heterocycles. The van der Waals surface area contributed by atoms with Gasteiger partial charge in [-0.1, -0.05) is 17.7 Å². The van der Waals surface area contributed by atoms with Crippen LogP contribution in [0, 0.1) is 17.1 Å². The number of nitrogens with zero attached hydrogens (tertiary/aromatic N) is 3. The number of rotatable bonds is 3. The minimum absolute atomic E-state index is 0.0326. The van der Waals surface area contributed by atoms with Crippen LogP contribution in [-0.2, 0) is 0 Å². The highest BCUT2D eigenvalue weighted by molar-refractivity contribution is 6.30. The highest BCUT2D eigenvalue weighted by atomic mass is 35.5. The van der Waals surface area contributed by atoms with Gasteiger partial charge >= 0.3 is 0 Å². The number of nitrogens with two attached hydrogens (primary N) is 2. The van der Waals surface area contributed by atoms with E-state index in [1.165, 1.54) is 12.1 Å². The van der Waals surface area contributed by atoms with Gasteiger partial charge in [0, 0.05) is 5.02 Å². The molecule has 1 heterocycles. The maximum atomic E-state index is 14.5. The predicted molar refractivity (Wildman–Crippen MR) is 92.5 cm³/mol. The summed E-state index contributed by atoms with van der Waals surface area (Å²) in [6.45, 7) is 0. The van der Waals surface area contributed by atoms with E-state index >= 15 is 0 Å². The number of halogens is 2. The van der Waals surface area contributed by atoms with Crippen molar-refractivity contribution in [1.29, 1.82) is 5.26 Å². The van der Waals surface area contributed by atoms with Gasteiger partial charge in [-0.3, -0.25) is 0 Å². The number of nitriles is 1. The fourth-order valence-corrected chi connectivity index (χ4v) is 2.36. The number of hydrogen-bond donors (Lipinski definition) is 2. The van der Waals surface area contributed by atoms with E-state index in [-0.39, 0.29) is 34.3 Å². The summed E-state index contributed by atoms with van der Waals surface area (Å²) in [4.78, 5) is 7.70. The summed E-state index contributed by atoms with van der Waals surface area (Å²) < 4.78 is 20.3. The van der Waals surface area contributed by atoms with Gasteiger partial charge in [0.1, 0.15) is 40.5 Å². The van der Waals surface area contributed by atoms with E-state index in [1.807, 2.05) is 6.07 Å². The second-order valence-corrected chi connectivity index (χ2v) is 5.41. The molecule has 0 aliphatic rings. The van der Waals surface area contributed by atoms with Gasteiger partial charge < -0.3 is 16.2 Å². The Hall–Kier alpha value is -3.37. The first kappa shape index (κ1) is 16.5. The third kappa shape index (κ3) is 3.29. The van der Waals surface area contributed by atoms with E-state index in [1.54, 1.807) is 30.3 Å². The van der Waals surface area contributed by atoms with Crippen LogP contribution in [0.2, 0.25) is 5.02 Å². The van der Waals surface area contributed by atoms with E-state index in [9.17, 15) is 9.65 Å². The number of anilines is 2. The van der Waals surface area contributed by atoms with Crippen LogP contribution in [0.1, 0.15) is 5.56 Å². The molecule has 3 rings (SSSR count). The molecule has 3 aromatic rings. The molecule has 8 heteroatoms. The lowest BCUT2D eigenvalue weighted by molar-refractivity contribution is 0.479. The summed E-state index contributed by atoms with van der Waals surface area (Å²) in [6.07, 6.45) is 0. The molecule has 0 radical (unpaired) electrons. The third-order valence-electron chi connectivity index (χ3n) is 3.32. The zero-order chi connectivity index (χ0) is 18.0. The highest BCUT2D eigenvalue weighted by Gasteiger charge is 2.21. The van der Waals surface area contributed by atoms with E-state index in [2.05, 4.69) is 9.97 Å². The first-order valence-corrected chi connectivity index (χ1v) is 7.42. The molecule has 0 aliphatic carbocycles. The van der Waals surface area contributed by atoms with Gasteiger partial charge in [-0.15, -0.1) is 0 Å². The summed E-state index contributed by atoms with van der Waals surface area (Å²) in [6, 6.07) is 12.6. The Kier molecular flexibility index (Phi) is 4.37. The molecule has 0 aliphatic heterocycles. The molecule has 0 bridgehead atoms. The second-order valence-electron chi connectivity index (χ2n) is 4.97. The van der Waals surface area contributed by atoms with Crippen molar-refractivity contribution in [2.75, 3.05) is 11.5 Å². The molecule has 0 fully saturated rings. The van der Waals surface area contributed by atoms with Crippen LogP contribution < -0.4 is 16.2 Å². The second kappa shape index (κ2) is 6.63. The minimum Gasteiger partial charge on any atom is -0.457 e. The molecule has 0 saturated carbocycles. The van der Waals surface area contributed by atoms with Crippen LogP contribution in [0.5, 0.6) is 11.5 Å². The van der Waals surface area contributed by atoms with E-state index in [4.69, 9.17) is 27.8 Å². The van der Waals surface area contributed by atoms with Gasteiger partial charge in [-0.2, -0.15) is 10.2 Å². The zero-order valence-corrected chi connectivity index (χ0v) is 13.5. The van der Waals surface area contributed by atoms with E-state index in [0.717, 1.165) is 0 Å². The van der Waals surface area contributed by atoms with Gasteiger partial charge in [-0.25, -0.2) is 9.37 Å². The van der Waals surface area contributed by atoms with Crippen LogP contribution in [0.25, 0.3) is 11.3 Å². The average molecular weight is 356 g/mol. The van der Waals surface area contributed by atoms with E-state index < -0.39 is 5.82 Å². The monoisotopic (exact) mass is 355 g/mol. The minimum atomic E-state index is -0.638. The number of hydrogen-bond acceptors (Lipinski definition) is 6. The standard InChI is InChI=1S/C17H11ClFN5O/c18-9-4-6-10(7-5-9)25-13-3-1-2-12(19)14(13)15-11(8-20)16(21)24-17(22)23-15/h1-7H,(H4,21,22,23,24). The van der Waals surface area contributed by atoms with Crippen molar-refractivity contribution >= 4 is 23.4 Å². The number of benzene rings is 2. The van der Waals surface area contributed by atoms with Crippen molar-refractivity contribution in [3.05, 3.63) is 58.9 Å². The lowest BCUT2D eigenvalue weighted by atomic mass is 10.1. The van der Waals surface area contributed by atoms with Gasteiger partial charge in [0.05, 0.1) is 5.56 Å². The first-order valence-electron chi connectivity index (χ1n) is 7.05. The Labute approximate surface area is 147 Å². The summed E-state index contributed by atoms with van der Waals surface area (Å²) in [5.74, 6) is -0.362. The molecular formula is C17H11ClFN5O. The Morgan fingerprint density at radius 1 is 1.08 bits per heavy atom. The lowest BCUT2D eigenvalue weighted by Gasteiger charge is -2.13. The molecule has 25 heavy (non-hydrogen) atoms. The van der Waals surface area contributed by atoms with Crippen LogP contribution in [-0.4, -0.2) is 9.97 Å².